The van der Waals surface area contributed by atoms with Crippen molar-refractivity contribution in [3.8, 4) is 0 Å². The van der Waals surface area contributed by atoms with Crippen molar-refractivity contribution >= 4 is 39.5 Å². The Labute approximate surface area is 638 Å². The van der Waals surface area contributed by atoms with Crippen LogP contribution in [0.15, 0.2) is 0 Å². The van der Waals surface area contributed by atoms with Crippen LogP contribution in [0.1, 0.15) is 447 Å². The maximum absolute atomic E-state index is 13.1. The highest BCUT2D eigenvalue weighted by molar-refractivity contribution is 7.47. The maximum Gasteiger partial charge on any atom is 0.472 e. The van der Waals surface area contributed by atoms with Crippen molar-refractivity contribution in [2.24, 2.45) is 17.8 Å². The van der Waals surface area contributed by atoms with Gasteiger partial charge in [-0.05, 0) is 43.4 Å². The van der Waals surface area contributed by atoms with E-state index in [2.05, 4.69) is 48.5 Å². The van der Waals surface area contributed by atoms with Gasteiger partial charge in [0.1, 0.15) is 19.3 Å². The third-order valence-corrected chi connectivity index (χ3v) is 22.5. The van der Waals surface area contributed by atoms with Crippen molar-refractivity contribution in [2.75, 3.05) is 39.6 Å². The quantitative estimate of drug-likeness (QED) is 0.0222. The van der Waals surface area contributed by atoms with E-state index < -0.39 is 97.5 Å². The molecule has 0 saturated heterocycles. The van der Waals surface area contributed by atoms with E-state index in [4.69, 9.17) is 37.0 Å². The van der Waals surface area contributed by atoms with Gasteiger partial charge in [-0.2, -0.15) is 0 Å². The van der Waals surface area contributed by atoms with E-state index in [1.165, 1.54) is 257 Å². The molecule has 0 amide bonds. The summed E-state index contributed by atoms with van der Waals surface area (Å²) in [6.45, 7) is 12.1. The Morgan fingerprint density at radius 1 is 0.279 bits per heavy atom. The topological polar surface area (TPSA) is 237 Å². The maximum atomic E-state index is 13.1. The zero-order valence-electron chi connectivity index (χ0n) is 68.5. The summed E-state index contributed by atoms with van der Waals surface area (Å²) in [5.74, 6) is 0.336. The van der Waals surface area contributed by atoms with E-state index in [0.717, 1.165) is 108 Å². The second-order valence-electron chi connectivity index (χ2n) is 31.5. The number of hydrogen-bond donors (Lipinski definition) is 3. The van der Waals surface area contributed by atoms with Gasteiger partial charge >= 0.3 is 39.5 Å². The number of phosphoric acid groups is 2. The molecule has 0 spiro atoms. The van der Waals surface area contributed by atoms with Gasteiger partial charge in [-0.3, -0.25) is 37.3 Å². The molecule has 0 aromatic heterocycles. The lowest BCUT2D eigenvalue weighted by molar-refractivity contribution is -0.161. The highest BCUT2D eigenvalue weighted by Gasteiger charge is 2.30. The zero-order valence-corrected chi connectivity index (χ0v) is 70.3. The molecule has 0 saturated carbocycles. The molecule has 0 bridgehead atoms. The van der Waals surface area contributed by atoms with Gasteiger partial charge < -0.3 is 33.8 Å². The molecule has 0 aliphatic carbocycles. The van der Waals surface area contributed by atoms with E-state index in [1.807, 2.05) is 0 Å². The van der Waals surface area contributed by atoms with Crippen LogP contribution in [-0.2, 0) is 65.4 Å². The van der Waals surface area contributed by atoms with Crippen molar-refractivity contribution in [1.29, 1.82) is 0 Å². The molecule has 104 heavy (non-hydrogen) atoms. The third-order valence-electron chi connectivity index (χ3n) is 20.6. The van der Waals surface area contributed by atoms with Gasteiger partial charge in [-0.25, -0.2) is 9.13 Å². The van der Waals surface area contributed by atoms with E-state index in [9.17, 15) is 43.2 Å². The summed E-state index contributed by atoms with van der Waals surface area (Å²) in [6.07, 6.45) is 65.0. The molecule has 0 radical (unpaired) electrons. The molecule has 0 aromatic carbocycles. The standard InChI is InChI=1S/C85H166O17P2/c1-8-11-12-13-14-15-16-17-18-19-27-32-39-47-54-61-68-84(89)102-81(73-96-83(88)67-60-53-46-41-34-35-42-49-56-63-76(4)5)75-100-104(93,94)98-71-79(86)70-97-103(91,92)99-74-80(101-85(90)69-62-55-48-40-33-28-23-21-25-30-37-44-51-58-65-78(7)10-3)72-95-82(87)66-59-52-45-38-31-26-22-20-24-29-36-43-50-57-64-77(6)9-2/h76-81,86H,8-75H2,1-7H3,(H,91,92)(H,93,94)/t77?,78?,79-,80-,81-/m1/s1. The van der Waals surface area contributed by atoms with Crippen LogP contribution in [0.25, 0.3) is 0 Å². The normalized spacial score (nSPS) is 14.4. The van der Waals surface area contributed by atoms with E-state index in [-0.39, 0.29) is 25.7 Å². The van der Waals surface area contributed by atoms with Gasteiger partial charge in [-0.1, -0.05) is 395 Å². The van der Waals surface area contributed by atoms with Crippen molar-refractivity contribution in [1.82, 2.24) is 0 Å². The lowest BCUT2D eigenvalue weighted by atomic mass is 9.99. The monoisotopic (exact) mass is 1520 g/mol. The minimum absolute atomic E-state index is 0.108. The van der Waals surface area contributed by atoms with Crippen LogP contribution in [0.3, 0.4) is 0 Å². The largest absolute Gasteiger partial charge is 0.472 e. The molecule has 3 N–H and O–H groups in total. The lowest BCUT2D eigenvalue weighted by Crippen LogP contribution is -2.30. The van der Waals surface area contributed by atoms with Crippen molar-refractivity contribution in [3.63, 3.8) is 0 Å². The Bertz CT molecular complexity index is 2010. The molecule has 7 atom stereocenters. The average molecular weight is 1520 g/mol. The number of rotatable bonds is 83. The summed E-state index contributed by atoms with van der Waals surface area (Å²) in [5.41, 5.74) is 0. The fourth-order valence-electron chi connectivity index (χ4n) is 13.1. The van der Waals surface area contributed by atoms with Crippen LogP contribution in [0.5, 0.6) is 0 Å². The first-order valence-electron chi connectivity index (χ1n) is 43.9. The van der Waals surface area contributed by atoms with E-state index in [1.54, 1.807) is 0 Å². The number of esters is 4. The molecule has 4 unspecified atom stereocenters. The lowest BCUT2D eigenvalue weighted by Gasteiger charge is -2.21. The fraction of sp³-hybridized carbons (Fsp3) is 0.953. The molecule has 0 rings (SSSR count). The Kier molecular flexibility index (Phi) is 73.7. The number of aliphatic hydroxyl groups excluding tert-OH is 1. The SMILES string of the molecule is CCCCCCCCCCCCCCCCCCC(=O)O[C@H](COC(=O)CCCCCCCCCCCC(C)C)COP(=O)(O)OC[C@H](O)COP(=O)(O)OC[C@@H](COC(=O)CCCCCCCCCCCCCCCCC(C)CC)OC(=O)CCCCCCCCCCCCCCCCC(C)CC. The van der Waals surface area contributed by atoms with Crippen LogP contribution in [0.4, 0.5) is 0 Å². The molecule has 17 nitrogen and oxygen atoms in total. The zero-order chi connectivity index (χ0) is 76.5. The first-order chi connectivity index (χ1) is 50.3. The highest BCUT2D eigenvalue weighted by Crippen LogP contribution is 2.45. The van der Waals surface area contributed by atoms with Crippen molar-refractivity contribution < 1.29 is 80.2 Å². The van der Waals surface area contributed by atoms with Crippen LogP contribution < -0.4 is 0 Å². The van der Waals surface area contributed by atoms with Crippen molar-refractivity contribution in [2.45, 2.75) is 465 Å². The molecular weight excluding hydrogens is 1350 g/mol. The van der Waals surface area contributed by atoms with Gasteiger partial charge in [0.2, 0.25) is 0 Å². The van der Waals surface area contributed by atoms with Crippen LogP contribution in [0, 0.1) is 17.8 Å². The number of aliphatic hydroxyl groups is 1. The molecular formula is C85H166O17P2. The Balaban J connectivity index is 5.27. The first kappa shape index (κ1) is 102. The number of hydrogen-bond acceptors (Lipinski definition) is 15. The molecule has 0 fully saturated rings. The van der Waals surface area contributed by atoms with Gasteiger partial charge in [-0.15, -0.1) is 0 Å². The second-order valence-corrected chi connectivity index (χ2v) is 34.4. The molecule has 0 heterocycles. The molecule has 19 heteroatoms. The smallest absolute Gasteiger partial charge is 0.462 e. The molecule has 0 aromatic rings. The minimum Gasteiger partial charge on any atom is -0.462 e. The second kappa shape index (κ2) is 75.1. The number of carbonyl (C=O) groups is 4. The summed E-state index contributed by atoms with van der Waals surface area (Å²) in [4.78, 5) is 73.2. The summed E-state index contributed by atoms with van der Waals surface area (Å²) in [6, 6.07) is 0. The predicted molar refractivity (Wildman–Crippen MR) is 428 cm³/mol. The fourth-order valence-corrected chi connectivity index (χ4v) is 14.7. The minimum atomic E-state index is -4.97. The van der Waals surface area contributed by atoms with Crippen LogP contribution in [-0.4, -0.2) is 96.7 Å². The van der Waals surface area contributed by atoms with E-state index >= 15 is 0 Å². The number of phosphoric ester groups is 2. The number of unbranched alkanes of at least 4 members (excludes halogenated alkanes) is 49. The van der Waals surface area contributed by atoms with Gasteiger partial charge in [0.15, 0.2) is 12.2 Å². The van der Waals surface area contributed by atoms with Crippen molar-refractivity contribution in [3.05, 3.63) is 0 Å². The number of carbonyl (C=O) groups excluding carboxylic acids is 4. The van der Waals surface area contributed by atoms with Crippen LogP contribution in [0.2, 0.25) is 0 Å². The summed E-state index contributed by atoms with van der Waals surface area (Å²) < 4.78 is 68.9. The Morgan fingerprint density at radius 2 is 0.490 bits per heavy atom. The molecule has 0 aliphatic heterocycles. The Hall–Kier alpha value is -1.94. The summed E-state index contributed by atoms with van der Waals surface area (Å²) in [7, 11) is -9.93. The predicted octanol–water partition coefficient (Wildman–Crippen LogP) is 25.7. The molecule has 0 aliphatic rings. The Morgan fingerprint density at radius 3 is 0.731 bits per heavy atom. The molecule has 618 valence electrons. The summed E-state index contributed by atoms with van der Waals surface area (Å²) >= 11 is 0. The van der Waals surface area contributed by atoms with E-state index in [0.29, 0.717) is 25.7 Å². The highest BCUT2D eigenvalue weighted by atomic mass is 31.2. The first-order valence-corrected chi connectivity index (χ1v) is 46.9. The number of ether oxygens (including phenoxy) is 4. The van der Waals surface area contributed by atoms with Gasteiger partial charge in [0, 0.05) is 25.7 Å². The van der Waals surface area contributed by atoms with Gasteiger partial charge in [0.05, 0.1) is 26.4 Å². The van der Waals surface area contributed by atoms with Crippen LogP contribution >= 0.6 is 15.6 Å². The average Bonchev–Trinajstić information content (AvgIpc) is 0.919. The summed E-state index contributed by atoms with van der Waals surface area (Å²) in [5, 5.41) is 10.7. The third kappa shape index (κ3) is 75.5. The van der Waals surface area contributed by atoms with Gasteiger partial charge in [0.25, 0.3) is 0 Å².